The van der Waals surface area contributed by atoms with Crippen molar-refractivity contribution in [2.75, 3.05) is 6.61 Å². The molecule has 0 atom stereocenters. The van der Waals surface area contributed by atoms with Gasteiger partial charge in [-0.3, -0.25) is 0 Å². The Bertz CT molecular complexity index is 367. The van der Waals surface area contributed by atoms with E-state index in [-0.39, 0.29) is 6.61 Å². The number of thioether (sulfide) groups is 1. The Kier molecular flexibility index (Phi) is 6.67. The third kappa shape index (κ3) is 4.54. The number of thiocarbonyl (C=S) groups is 1. The van der Waals surface area contributed by atoms with Crippen LogP contribution < -0.4 is 0 Å². The maximum Gasteiger partial charge on any atom is 0.460 e. The Morgan fingerprint density at radius 3 is 1.81 bits per heavy atom. The fourth-order valence-electron chi connectivity index (χ4n) is 0.859. The maximum absolute atomic E-state index is 13.1. The van der Waals surface area contributed by atoms with Gasteiger partial charge in [-0.15, -0.1) is 0 Å². The molecule has 0 aliphatic rings. The topological polar surface area (TPSA) is 9.23 Å². The Labute approximate surface area is 123 Å². The van der Waals surface area contributed by atoms with Crippen molar-refractivity contribution < 1.29 is 44.3 Å². The Morgan fingerprint density at radius 2 is 1.43 bits per heavy atom. The van der Waals surface area contributed by atoms with Crippen LogP contribution in [0.2, 0.25) is 0 Å². The van der Waals surface area contributed by atoms with Crippen molar-refractivity contribution in [1.82, 2.24) is 0 Å². The molecule has 0 N–H and O–H groups in total. The zero-order valence-electron chi connectivity index (χ0n) is 10.2. The van der Waals surface area contributed by atoms with E-state index < -0.39 is 39.4 Å². The number of rotatable bonds is 6. The van der Waals surface area contributed by atoms with Crippen molar-refractivity contribution in [2.24, 2.45) is 0 Å². The normalized spacial score (nSPS) is 14.2. The van der Waals surface area contributed by atoms with Gasteiger partial charge in [-0.05, 0) is 18.6 Å². The fraction of sp³-hybridized carbons (Fsp3) is 0.889. The molecule has 126 valence electrons. The summed E-state index contributed by atoms with van der Waals surface area (Å²) in [6.45, 7) is 1.42. The van der Waals surface area contributed by atoms with Gasteiger partial charge in [0.1, 0.15) is 0 Å². The van der Waals surface area contributed by atoms with Crippen molar-refractivity contribution in [2.45, 2.75) is 43.0 Å². The lowest BCUT2D eigenvalue weighted by Crippen LogP contribution is -2.59. The first-order chi connectivity index (χ1) is 9.20. The molecule has 0 aromatic rings. The summed E-state index contributed by atoms with van der Waals surface area (Å²) in [6, 6.07) is 0. The molecule has 0 unspecified atom stereocenters. The number of hydrogen-bond donors (Lipinski definition) is 0. The van der Waals surface area contributed by atoms with Gasteiger partial charge in [0.15, 0.2) is 0 Å². The second kappa shape index (κ2) is 6.80. The second-order valence-corrected chi connectivity index (χ2v) is 5.43. The summed E-state index contributed by atoms with van der Waals surface area (Å²) in [4.78, 5) is 0. The minimum atomic E-state index is -6.92. The number of halogens is 9. The highest BCUT2D eigenvalue weighted by Gasteiger charge is 2.82. The van der Waals surface area contributed by atoms with Gasteiger partial charge in [0.05, 0.1) is 6.61 Å². The zero-order chi connectivity index (χ0) is 17.1. The highest BCUT2D eigenvalue weighted by molar-refractivity contribution is 8.23. The zero-order valence-corrected chi connectivity index (χ0v) is 11.9. The molecule has 0 amide bonds. The molecular weight excluding hydrogens is 359 g/mol. The van der Waals surface area contributed by atoms with Crippen LogP contribution in [0.3, 0.4) is 0 Å². The van der Waals surface area contributed by atoms with Crippen molar-refractivity contribution in [1.29, 1.82) is 0 Å². The Hall–Kier alpha value is -0.390. The number of alkyl halides is 9. The van der Waals surface area contributed by atoms with Gasteiger partial charge in [0.25, 0.3) is 0 Å². The third-order valence-corrected chi connectivity index (χ3v) is 3.21. The van der Waals surface area contributed by atoms with Gasteiger partial charge in [-0.25, -0.2) is 0 Å². The first-order valence-electron chi connectivity index (χ1n) is 5.26. The molecule has 0 aromatic heterocycles. The van der Waals surface area contributed by atoms with Crippen LogP contribution in [0.5, 0.6) is 0 Å². The quantitative estimate of drug-likeness (QED) is 0.360. The Morgan fingerprint density at radius 1 is 0.952 bits per heavy atom. The van der Waals surface area contributed by atoms with E-state index in [9.17, 15) is 39.5 Å². The van der Waals surface area contributed by atoms with Crippen LogP contribution >= 0.6 is 24.0 Å². The predicted molar refractivity (Wildman–Crippen MR) is 61.9 cm³/mol. The summed E-state index contributed by atoms with van der Waals surface area (Å²) >= 11 is 2.75. The lowest BCUT2D eigenvalue weighted by Gasteiger charge is -2.32. The average molecular weight is 368 g/mol. The standard InChI is InChI=1S/C9H9F9OS2/c1-2-3-4-19-5(20)21-9(17,18)7(12,13)6(10,11)8(14,15)16/h2-4H2,1H3. The highest BCUT2D eigenvalue weighted by atomic mass is 32.2. The van der Waals surface area contributed by atoms with Crippen LogP contribution in [-0.2, 0) is 4.74 Å². The molecular formula is C9H9F9OS2. The lowest BCUT2D eigenvalue weighted by molar-refractivity contribution is -0.381. The van der Waals surface area contributed by atoms with E-state index in [0.717, 1.165) is 0 Å². The molecule has 21 heavy (non-hydrogen) atoms. The van der Waals surface area contributed by atoms with Gasteiger partial charge in [0, 0.05) is 11.8 Å². The van der Waals surface area contributed by atoms with Crippen LogP contribution in [0.25, 0.3) is 0 Å². The summed E-state index contributed by atoms with van der Waals surface area (Å²) in [7, 11) is 0. The fourth-order valence-corrected chi connectivity index (χ4v) is 1.86. The lowest BCUT2D eigenvalue weighted by atomic mass is 10.1. The van der Waals surface area contributed by atoms with Crippen LogP contribution in [-0.4, -0.2) is 34.3 Å². The van der Waals surface area contributed by atoms with Gasteiger partial charge >= 0.3 is 23.3 Å². The summed E-state index contributed by atoms with van der Waals surface area (Å²) in [5.74, 6) is -13.6. The first kappa shape index (κ1) is 20.6. The molecule has 0 spiro atoms. The van der Waals surface area contributed by atoms with E-state index in [0.29, 0.717) is 12.8 Å². The average Bonchev–Trinajstić information content (AvgIpc) is 2.26. The van der Waals surface area contributed by atoms with Crippen molar-refractivity contribution in [3.63, 3.8) is 0 Å². The van der Waals surface area contributed by atoms with E-state index in [4.69, 9.17) is 0 Å². The second-order valence-electron chi connectivity index (χ2n) is 3.72. The molecule has 0 heterocycles. The van der Waals surface area contributed by atoms with Crippen LogP contribution in [0.15, 0.2) is 0 Å². The molecule has 0 aliphatic heterocycles. The minimum Gasteiger partial charge on any atom is -0.478 e. The van der Waals surface area contributed by atoms with Crippen molar-refractivity contribution in [3.8, 4) is 0 Å². The highest BCUT2D eigenvalue weighted by Crippen LogP contribution is 2.56. The molecule has 1 nitrogen and oxygen atoms in total. The molecule has 0 saturated carbocycles. The molecule has 0 bridgehead atoms. The maximum atomic E-state index is 13.1. The van der Waals surface area contributed by atoms with E-state index in [2.05, 4.69) is 17.0 Å². The molecule has 0 radical (unpaired) electrons. The number of hydrogen-bond acceptors (Lipinski definition) is 3. The van der Waals surface area contributed by atoms with Gasteiger partial charge < -0.3 is 4.74 Å². The molecule has 0 saturated heterocycles. The largest absolute Gasteiger partial charge is 0.478 e. The number of ether oxygens (including phenoxy) is 1. The van der Waals surface area contributed by atoms with E-state index in [1.807, 2.05) is 0 Å². The van der Waals surface area contributed by atoms with Crippen LogP contribution in [0.1, 0.15) is 19.8 Å². The van der Waals surface area contributed by atoms with E-state index in [1.165, 1.54) is 0 Å². The SMILES string of the molecule is CCCCOC(=S)SC(F)(F)C(F)(F)C(F)(F)C(F)(F)F. The van der Waals surface area contributed by atoms with Gasteiger partial charge in [-0.2, -0.15) is 39.5 Å². The molecule has 0 rings (SSSR count). The minimum absolute atomic E-state index is 0.250. The van der Waals surface area contributed by atoms with Crippen LogP contribution in [0.4, 0.5) is 39.5 Å². The van der Waals surface area contributed by atoms with Crippen molar-refractivity contribution >= 4 is 28.4 Å². The summed E-state index contributed by atoms with van der Waals surface area (Å²) in [6.07, 6.45) is -6.00. The smallest absolute Gasteiger partial charge is 0.460 e. The van der Waals surface area contributed by atoms with Gasteiger partial charge in [-0.1, -0.05) is 13.3 Å². The number of unbranched alkanes of at least 4 members (excludes halogenated alkanes) is 1. The van der Waals surface area contributed by atoms with Crippen LogP contribution in [0, 0.1) is 0 Å². The van der Waals surface area contributed by atoms with E-state index in [1.54, 1.807) is 6.92 Å². The third-order valence-electron chi connectivity index (χ3n) is 2.05. The summed E-state index contributed by atoms with van der Waals surface area (Å²) in [5.41, 5.74) is 0. The molecule has 12 heteroatoms. The van der Waals surface area contributed by atoms with Crippen molar-refractivity contribution in [3.05, 3.63) is 0 Å². The first-order valence-corrected chi connectivity index (χ1v) is 6.49. The monoisotopic (exact) mass is 368 g/mol. The molecule has 0 aromatic carbocycles. The molecule has 0 aliphatic carbocycles. The predicted octanol–water partition coefficient (Wildman–Crippen LogP) is 5.25. The van der Waals surface area contributed by atoms with Gasteiger partial charge in [0.2, 0.25) is 4.38 Å². The summed E-state index contributed by atoms with van der Waals surface area (Å²) < 4.78 is 115. The Balaban J connectivity index is 5.08. The molecule has 0 fully saturated rings. The summed E-state index contributed by atoms with van der Waals surface area (Å²) in [5, 5.41) is -5.80. The van der Waals surface area contributed by atoms with E-state index >= 15 is 0 Å².